The zero-order valence-electron chi connectivity index (χ0n) is 8.15. The smallest absolute Gasteiger partial charge is 0.301 e. The zero-order valence-corrected chi connectivity index (χ0v) is 8.91. The van der Waals surface area contributed by atoms with Gasteiger partial charge in [-0.25, -0.2) is 0 Å². The predicted molar refractivity (Wildman–Crippen MR) is 50.5 cm³/mol. The van der Waals surface area contributed by atoms with E-state index in [0.717, 1.165) is 13.0 Å². The largest absolute Gasteiger partial charge is 0.390 e. The summed E-state index contributed by atoms with van der Waals surface area (Å²) >= 11 is 5.93. The molecule has 84 valence electrons. The lowest BCUT2D eigenvalue weighted by Crippen LogP contribution is -2.41. The average Bonchev–Trinajstić information content (AvgIpc) is 1.97. The van der Waals surface area contributed by atoms with Crippen molar-refractivity contribution in [1.29, 1.82) is 0 Å². The lowest BCUT2D eigenvalue weighted by molar-refractivity contribution is -0.138. The molecule has 0 amide bonds. The van der Waals surface area contributed by atoms with Crippen LogP contribution in [-0.4, -0.2) is 36.1 Å². The first-order valence-electron chi connectivity index (χ1n) is 4.80. The van der Waals surface area contributed by atoms with Gasteiger partial charge in [-0.2, -0.15) is 13.2 Å². The molecule has 0 bridgehead atoms. The van der Waals surface area contributed by atoms with E-state index in [2.05, 4.69) is 0 Å². The topological polar surface area (TPSA) is 3.24 Å². The molecule has 2 unspecified atom stereocenters. The Morgan fingerprint density at radius 3 is 2.50 bits per heavy atom. The maximum atomic E-state index is 11.9. The zero-order chi connectivity index (χ0) is 10.8. The van der Waals surface area contributed by atoms with E-state index in [0.29, 0.717) is 12.5 Å². The first-order chi connectivity index (χ1) is 6.37. The van der Waals surface area contributed by atoms with E-state index < -0.39 is 12.6 Å². The van der Waals surface area contributed by atoms with Crippen LogP contribution in [0, 0.1) is 5.92 Å². The molecular weight excluding hydrogens is 215 g/mol. The third-order valence-corrected chi connectivity index (χ3v) is 2.71. The van der Waals surface area contributed by atoms with Crippen molar-refractivity contribution < 1.29 is 13.2 Å². The molecular formula is C9H15ClF3N. The Balaban J connectivity index is 2.30. The number of alkyl halides is 4. The van der Waals surface area contributed by atoms with E-state index in [1.165, 1.54) is 0 Å². The number of hydrogen-bond acceptors (Lipinski definition) is 1. The summed E-state index contributed by atoms with van der Waals surface area (Å²) in [6.07, 6.45) is -3.88. The molecule has 2 atom stereocenters. The normalized spacial score (nSPS) is 30.6. The molecule has 1 saturated heterocycles. The molecule has 1 aliphatic rings. The Labute approximate surface area is 87.2 Å². The van der Waals surface area contributed by atoms with Crippen LogP contribution in [0.4, 0.5) is 13.2 Å². The Kier molecular flexibility index (Phi) is 4.07. The van der Waals surface area contributed by atoms with E-state index in [1.807, 2.05) is 6.92 Å². The van der Waals surface area contributed by atoms with Crippen LogP contribution >= 0.6 is 11.6 Å². The number of hydrogen-bond donors (Lipinski definition) is 0. The first-order valence-corrected chi connectivity index (χ1v) is 5.23. The molecule has 1 rings (SSSR count). The van der Waals surface area contributed by atoms with Gasteiger partial charge in [0.25, 0.3) is 0 Å². The summed E-state index contributed by atoms with van der Waals surface area (Å²) in [6.45, 7) is 3.42. The van der Waals surface area contributed by atoms with Gasteiger partial charge in [0.2, 0.25) is 0 Å². The van der Waals surface area contributed by atoms with Crippen molar-refractivity contribution >= 4 is 11.6 Å². The fourth-order valence-corrected chi connectivity index (χ4v) is 2.35. The van der Waals surface area contributed by atoms with Gasteiger partial charge >= 0.3 is 6.18 Å². The summed E-state index contributed by atoms with van der Waals surface area (Å²) < 4.78 is 35.8. The Bertz CT molecular complexity index is 173. The van der Waals surface area contributed by atoms with Gasteiger partial charge in [0.05, 0.1) is 6.42 Å². The molecule has 0 saturated carbocycles. The van der Waals surface area contributed by atoms with E-state index in [9.17, 15) is 13.2 Å². The molecule has 0 radical (unpaired) electrons. The average molecular weight is 230 g/mol. The number of piperidine rings is 1. The summed E-state index contributed by atoms with van der Waals surface area (Å²) in [6, 6.07) is 0. The third kappa shape index (κ3) is 4.51. The van der Waals surface area contributed by atoms with Crippen molar-refractivity contribution in [2.75, 3.05) is 19.6 Å². The highest BCUT2D eigenvalue weighted by Gasteiger charge is 2.30. The molecule has 1 nitrogen and oxygen atoms in total. The molecule has 0 aromatic heterocycles. The minimum Gasteiger partial charge on any atom is -0.301 e. The molecule has 1 aliphatic heterocycles. The second-order valence-corrected chi connectivity index (χ2v) is 4.68. The summed E-state index contributed by atoms with van der Waals surface area (Å²) in [5.74, 6) is 0.402. The summed E-state index contributed by atoms with van der Waals surface area (Å²) in [5, 5.41) is 0.00647. The maximum absolute atomic E-state index is 11.9. The molecule has 1 fully saturated rings. The van der Waals surface area contributed by atoms with Gasteiger partial charge in [-0.3, -0.25) is 0 Å². The van der Waals surface area contributed by atoms with E-state index in [-0.39, 0.29) is 11.9 Å². The highest BCUT2D eigenvalue weighted by atomic mass is 35.5. The fourth-order valence-electron chi connectivity index (χ4n) is 1.85. The lowest BCUT2D eigenvalue weighted by Gasteiger charge is -2.33. The quantitative estimate of drug-likeness (QED) is 0.659. The Hall–Kier alpha value is 0.0400. The van der Waals surface area contributed by atoms with Gasteiger partial charge in [0, 0.05) is 25.0 Å². The molecule has 14 heavy (non-hydrogen) atoms. The molecule has 5 heteroatoms. The highest BCUT2D eigenvalue weighted by molar-refractivity contribution is 6.20. The van der Waals surface area contributed by atoms with Gasteiger partial charge in [-0.15, -0.1) is 11.6 Å². The number of nitrogens with zero attached hydrogens (tertiary/aromatic N) is 1. The van der Waals surface area contributed by atoms with E-state index >= 15 is 0 Å². The van der Waals surface area contributed by atoms with Crippen molar-refractivity contribution in [3.05, 3.63) is 0 Å². The standard InChI is InChI=1S/C9H15ClF3N/c1-7-4-8(10)6-14(5-7)3-2-9(11,12)13/h7-8H,2-6H2,1H3. The Morgan fingerprint density at radius 2 is 2.00 bits per heavy atom. The van der Waals surface area contributed by atoms with Crippen LogP contribution in [0.2, 0.25) is 0 Å². The highest BCUT2D eigenvalue weighted by Crippen LogP contribution is 2.24. The van der Waals surface area contributed by atoms with Crippen LogP contribution in [0.1, 0.15) is 19.8 Å². The van der Waals surface area contributed by atoms with Crippen molar-refractivity contribution in [3.8, 4) is 0 Å². The van der Waals surface area contributed by atoms with Crippen LogP contribution in [0.15, 0.2) is 0 Å². The maximum Gasteiger partial charge on any atom is 0.390 e. The molecule has 0 N–H and O–H groups in total. The van der Waals surface area contributed by atoms with Crippen LogP contribution in [0.25, 0.3) is 0 Å². The van der Waals surface area contributed by atoms with E-state index in [1.54, 1.807) is 4.90 Å². The van der Waals surface area contributed by atoms with Gasteiger partial charge < -0.3 is 4.90 Å². The van der Waals surface area contributed by atoms with Crippen LogP contribution in [0.5, 0.6) is 0 Å². The van der Waals surface area contributed by atoms with Crippen molar-refractivity contribution in [2.24, 2.45) is 5.92 Å². The summed E-state index contributed by atoms with van der Waals surface area (Å²) in [5.41, 5.74) is 0. The third-order valence-electron chi connectivity index (χ3n) is 2.40. The van der Waals surface area contributed by atoms with Gasteiger partial charge in [-0.1, -0.05) is 6.92 Å². The number of halogens is 4. The van der Waals surface area contributed by atoms with Crippen molar-refractivity contribution in [2.45, 2.75) is 31.3 Å². The van der Waals surface area contributed by atoms with Gasteiger partial charge in [-0.05, 0) is 12.3 Å². The Morgan fingerprint density at radius 1 is 1.36 bits per heavy atom. The van der Waals surface area contributed by atoms with Gasteiger partial charge in [0.15, 0.2) is 0 Å². The van der Waals surface area contributed by atoms with Crippen LogP contribution in [-0.2, 0) is 0 Å². The fraction of sp³-hybridized carbons (Fsp3) is 1.00. The SMILES string of the molecule is CC1CC(Cl)CN(CCC(F)(F)F)C1. The monoisotopic (exact) mass is 229 g/mol. The molecule has 0 spiro atoms. The second-order valence-electron chi connectivity index (χ2n) is 4.06. The number of likely N-dealkylation sites (tertiary alicyclic amines) is 1. The van der Waals surface area contributed by atoms with Crippen LogP contribution < -0.4 is 0 Å². The summed E-state index contributed by atoms with van der Waals surface area (Å²) in [4.78, 5) is 1.80. The number of rotatable bonds is 2. The predicted octanol–water partition coefficient (Wildman–Crippen LogP) is 2.89. The van der Waals surface area contributed by atoms with Crippen LogP contribution in [0.3, 0.4) is 0 Å². The van der Waals surface area contributed by atoms with Gasteiger partial charge in [0.1, 0.15) is 0 Å². The van der Waals surface area contributed by atoms with E-state index in [4.69, 9.17) is 11.6 Å². The molecule has 0 aromatic carbocycles. The minimum atomic E-state index is -4.05. The molecule has 0 aromatic rings. The summed E-state index contributed by atoms with van der Waals surface area (Å²) in [7, 11) is 0. The lowest BCUT2D eigenvalue weighted by atomic mass is 10.00. The van der Waals surface area contributed by atoms with Crippen molar-refractivity contribution in [1.82, 2.24) is 4.90 Å². The first kappa shape index (κ1) is 12.1. The van der Waals surface area contributed by atoms with Crippen molar-refractivity contribution in [3.63, 3.8) is 0 Å². The molecule has 0 aliphatic carbocycles. The molecule has 1 heterocycles. The minimum absolute atomic E-state index is 0.00647. The second kappa shape index (κ2) is 4.71.